The average Bonchev–Trinajstić information content (AvgIpc) is 2.39. The zero-order valence-electron chi connectivity index (χ0n) is 11.6. The molecule has 0 bridgehead atoms. The van der Waals surface area contributed by atoms with Crippen LogP contribution in [0.15, 0.2) is 24.3 Å². The van der Waals surface area contributed by atoms with Gasteiger partial charge in [-0.05, 0) is 31.2 Å². The summed E-state index contributed by atoms with van der Waals surface area (Å²) in [6.07, 6.45) is 0.142. The predicted molar refractivity (Wildman–Crippen MR) is 74.3 cm³/mol. The van der Waals surface area contributed by atoms with Gasteiger partial charge in [-0.3, -0.25) is 14.4 Å². The Morgan fingerprint density at radius 2 is 1.80 bits per heavy atom. The summed E-state index contributed by atoms with van der Waals surface area (Å²) in [6.45, 7) is 3.70. The number of anilines is 1. The molecule has 0 radical (unpaired) electrons. The number of amides is 2. The maximum absolute atomic E-state index is 11.8. The standard InChI is InChI=1S/C14H18N2O4/c1-3-20-13(18)8-9-15-14(19)11-4-6-12(7-5-11)16-10(2)17/h4-7H,3,8-9H2,1-2H3,(H,15,19)(H,16,17). The Labute approximate surface area is 117 Å². The Kier molecular flexibility index (Phi) is 6.22. The van der Waals surface area contributed by atoms with Gasteiger partial charge >= 0.3 is 5.97 Å². The van der Waals surface area contributed by atoms with Crippen LogP contribution in [0.2, 0.25) is 0 Å². The van der Waals surface area contributed by atoms with Gasteiger partial charge in [-0.25, -0.2) is 0 Å². The van der Waals surface area contributed by atoms with Gasteiger partial charge in [-0.1, -0.05) is 0 Å². The molecule has 6 heteroatoms. The third-order valence-corrected chi connectivity index (χ3v) is 2.39. The van der Waals surface area contributed by atoms with Crippen molar-refractivity contribution in [3.05, 3.63) is 29.8 Å². The van der Waals surface area contributed by atoms with Gasteiger partial charge in [0.2, 0.25) is 5.91 Å². The number of ether oxygens (including phenoxy) is 1. The van der Waals surface area contributed by atoms with Crippen molar-refractivity contribution in [2.24, 2.45) is 0 Å². The summed E-state index contributed by atoms with van der Waals surface area (Å²) in [7, 11) is 0. The first-order valence-electron chi connectivity index (χ1n) is 6.34. The van der Waals surface area contributed by atoms with Crippen molar-refractivity contribution < 1.29 is 19.1 Å². The van der Waals surface area contributed by atoms with E-state index >= 15 is 0 Å². The van der Waals surface area contributed by atoms with E-state index in [0.29, 0.717) is 17.9 Å². The fraction of sp³-hybridized carbons (Fsp3) is 0.357. The molecule has 0 spiro atoms. The Morgan fingerprint density at radius 1 is 1.15 bits per heavy atom. The molecule has 1 rings (SSSR count). The molecule has 0 heterocycles. The normalized spacial score (nSPS) is 9.70. The molecule has 0 aliphatic carbocycles. The minimum absolute atomic E-state index is 0.142. The molecule has 0 aliphatic rings. The fourth-order valence-electron chi connectivity index (χ4n) is 1.52. The quantitative estimate of drug-likeness (QED) is 0.769. The number of nitrogens with one attached hydrogen (secondary N) is 2. The van der Waals surface area contributed by atoms with Crippen LogP contribution in [-0.2, 0) is 14.3 Å². The molecule has 1 aromatic rings. The molecule has 6 nitrogen and oxygen atoms in total. The number of hydrogen-bond acceptors (Lipinski definition) is 4. The van der Waals surface area contributed by atoms with Crippen LogP contribution in [-0.4, -0.2) is 30.9 Å². The molecular formula is C14H18N2O4. The van der Waals surface area contributed by atoms with Crippen LogP contribution in [0.3, 0.4) is 0 Å². The average molecular weight is 278 g/mol. The molecule has 1 aromatic carbocycles. The SMILES string of the molecule is CCOC(=O)CCNC(=O)c1ccc(NC(C)=O)cc1. The van der Waals surface area contributed by atoms with Gasteiger partial charge in [0.15, 0.2) is 0 Å². The summed E-state index contributed by atoms with van der Waals surface area (Å²) < 4.78 is 4.75. The molecule has 0 saturated carbocycles. The zero-order valence-corrected chi connectivity index (χ0v) is 11.6. The van der Waals surface area contributed by atoms with E-state index in [-0.39, 0.29) is 30.7 Å². The third-order valence-electron chi connectivity index (χ3n) is 2.39. The predicted octanol–water partition coefficient (Wildman–Crippen LogP) is 1.33. The van der Waals surface area contributed by atoms with Gasteiger partial charge in [-0.15, -0.1) is 0 Å². The molecule has 0 atom stereocenters. The second-order valence-corrected chi connectivity index (χ2v) is 4.07. The van der Waals surface area contributed by atoms with E-state index in [1.807, 2.05) is 0 Å². The minimum Gasteiger partial charge on any atom is -0.466 e. The Bertz CT molecular complexity index is 482. The molecule has 2 amide bonds. The van der Waals surface area contributed by atoms with E-state index in [2.05, 4.69) is 10.6 Å². The van der Waals surface area contributed by atoms with Crippen molar-refractivity contribution in [2.45, 2.75) is 20.3 Å². The van der Waals surface area contributed by atoms with Crippen molar-refractivity contribution in [1.29, 1.82) is 0 Å². The third kappa shape index (κ3) is 5.51. The van der Waals surface area contributed by atoms with Gasteiger partial charge in [0.25, 0.3) is 5.91 Å². The van der Waals surface area contributed by atoms with Crippen LogP contribution < -0.4 is 10.6 Å². The van der Waals surface area contributed by atoms with Crippen LogP contribution in [0.5, 0.6) is 0 Å². The van der Waals surface area contributed by atoms with Crippen LogP contribution in [0.4, 0.5) is 5.69 Å². The second-order valence-electron chi connectivity index (χ2n) is 4.07. The molecule has 0 aliphatic heterocycles. The molecule has 0 aromatic heterocycles. The largest absolute Gasteiger partial charge is 0.466 e. The van der Waals surface area contributed by atoms with Gasteiger partial charge in [0.1, 0.15) is 0 Å². The molecular weight excluding hydrogens is 260 g/mol. The van der Waals surface area contributed by atoms with Crippen molar-refractivity contribution in [3.63, 3.8) is 0 Å². The summed E-state index contributed by atoms with van der Waals surface area (Å²) in [5.41, 5.74) is 1.09. The van der Waals surface area contributed by atoms with E-state index in [9.17, 15) is 14.4 Å². The monoisotopic (exact) mass is 278 g/mol. The Hall–Kier alpha value is -2.37. The Morgan fingerprint density at radius 3 is 2.35 bits per heavy atom. The van der Waals surface area contributed by atoms with Gasteiger partial charge < -0.3 is 15.4 Å². The van der Waals surface area contributed by atoms with Crippen LogP contribution in [0.1, 0.15) is 30.6 Å². The van der Waals surface area contributed by atoms with Crippen molar-refractivity contribution in [1.82, 2.24) is 5.32 Å². The summed E-state index contributed by atoms with van der Waals surface area (Å²) in [5, 5.41) is 5.23. The van der Waals surface area contributed by atoms with E-state index in [1.165, 1.54) is 6.92 Å². The molecule has 108 valence electrons. The molecule has 0 fully saturated rings. The van der Waals surface area contributed by atoms with Gasteiger partial charge in [0, 0.05) is 24.7 Å². The Balaban J connectivity index is 2.43. The van der Waals surface area contributed by atoms with Gasteiger partial charge in [0.05, 0.1) is 13.0 Å². The van der Waals surface area contributed by atoms with E-state index in [0.717, 1.165) is 0 Å². The van der Waals surface area contributed by atoms with Crippen LogP contribution in [0, 0.1) is 0 Å². The highest BCUT2D eigenvalue weighted by atomic mass is 16.5. The number of rotatable bonds is 6. The number of hydrogen-bond donors (Lipinski definition) is 2. The maximum atomic E-state index is 11.8. The molecule has 20 heavy (non-hydrogen) atoms. The smallest absolute Gasteiger partial charge is 0.307 e. The lowest BCUT2D eigenvalue weighted by Crippen LogP contribution is -2.26. The molecule has 0 saturated heterocycles. The highest BCUT2D eigenvalue weighted by Crippen LogP contribution is 2.09. The van der Waals surface area contributed by atoms with Crippen molar-refractivity contribution >= 4 is 23.5 Å². The maximum Gasteiger partial charge on any atom is 0.307 e. The fourth-order valence-corrected chi connectivity index (χ4v) is 1.52. The van der Waals surface area contributed by atoms with E-state index < -0.39 is 0 Å². The first kappa shape index (κ1) is 15.7. The summed E-state index contributed by atoms with van der Waals surface area (Å²) >= 11 is 0. The molecule has 2 N–H and O–H groups in total. The second kappa shape index (κ2) is 7.93. The van der Waals surface area contributed by atoms with Gasteiger partial charge in [-0.2, -0.15) is 0 Å². The van der Waals surface area contributed by atoms with E-state index in [4.69, 9.17) is 4.74 Å². The summed E-state index contributed by atoms with van der Waals surface area (Å²) in [5.74, 6) is -0.783. The van der Waals surface area contributed by atoms with Crippen LogP contribution in [0.25, 0.3) is 0 Å². The number of carbonyl (C=O) groups is 3. The lowest BCUT2D eigenvalue weighted by molar-refractivity contribution is -0.142. The zero-order chi connectivity index (χ0) is 15.0. The topological polar surface area (TPSA) is 84.5 Å². The summed E-state index contributed by atoms with van der Waals surface area (Å²) in [4.78, 5) is 33.7. The van der Waals surface area contributed by atoms with Crippen molar-refractivity contribution in [3.8, 4) is 0 Å². The minimum atomic E-state index is -0.339. The summed E-state index contributed by atoms with van der Waals surface area (Å²) in [6, 6.07) is 6.49. The van der Waals surface area contributed by atoms with Crippen molar-refractivity contribution in [2.75, 3.05) is 18.5 Å². The number of benzene rings is 1. The highest BCUT2D eigenvalue weighted by Gasteiger charge is 2.07. The lowest BCUT2D eigenvalue weighted by atomic mass is 10.2. The van der Waals surface area contributed by atoms with E-state index in [1.54, 1.807) is 31.2 Å². The lowest BCUT2D eigenvalue weighted by Gasteiger charge is -2.06. The number of carbonyl (C=O) groups excluding carboxylic acids is 3. The number of esters is 1. The highest BCUT2D eigenvalue weighted by molar-refractivity contribution is 5.95. The first-order valence-corrected chi connectivity index (χ1v) is 6.34. The van der Waals surface area contributed by atoms with Crippen LogP contribution >= 0.6 is 0 Å². The first-order chi connectivity index (χ1) is 9.52. The molecule has 0 unspecified atom stereocenters.